The molecule has 0 atom stereocenters. The number of ketones is 1. The molecule has 1 N–H and O–H groups in total. The van der Waals surface area contributed by atoms with E-state index in [1.165, 1.54) is 5.69 Å². The average Bonchev–Trinajstić information content (AvgIpc) is 3.24. The van der Waals surface area contributed by atoms with Crippen LogP contribution in [0.4, 0.5) is 5.69 Å². The number of Topliss-reactive ketones (excluding diaryl/α,β-unsaturated/α-hetero) is 1. The number of benzene rings is 3. The molecule has 5 rings (SSSR count). The summed E-state index contributed by atoms with van der Waals surface area (Å²) in [7, 11) is 1.67. The van der Waals surface area contributed by atoms with Crippen LogP contribution in [0.25, 0.3) is 6.08 Å². The topological polar surface area (TPSA) is 62.2 Å². The number of aromatic hydroxyl groups is 1. The van der Waals surface area contributed by atoms with Crippen molar-refractivity contribution in [3.63, 3.8) is 0 Å². The maximum Gasteiger partial charge on any atom is 0.232 e. The first-order valence-corrected chi connectivity index (χ1v) is 12.2. The molecule has 2 heterocycles. The van der Waals surface area contributed by atoms with Crippen molar-refractivity contribution in [3.05, 3.63) is 101 Å². The fourth-order valence-corrected chi connectivity index (χ4v) is 4.74. The highest BCUT2D eigenvalue weighted by Crippen LogP contribution is 2.42. The number of carbonyl (C=O) groups excluding carboxylic acids is 1. The number of carbonyl (C=O) groups is 1. The van der Waals surface area contributed by atoms with Crippen LogP contribution in [-0.2, 0) is 6.54 Å². The zero-order valence-corrected chi connectivity index (χ0v) is 20.6. The highest BCUT2D eigenvalue weighted by atomic mass is 16.5. The van der Waals surface area contributed by atoms with Gasteiger partial charge < -0.3 is 19.5 Å². The summed E-state index contributed by atoms with van der Waals surface area (Å²) in [5.74, 6) is 1.62. The van der Waals surface area contributed by atoms with Crippen molar-refractivity contribution < 1.29 is 19.4 Å². The predicted molar refractivity (Wildman–Crippen MR) is 142 cm³/mol. The number of hydrogen-bond acceptors (Lipinski definition) is 6. The second-order valence-corrected chi connectivity index (χ2v) is 9.09. The van der Waals surface area contributed by atoms with E-state index in [1.54, 1.807) is 19.3 Å². The van der Waals surface area contributed by atoms with Crippen LogP contribution in [0, 0.1) is 6.92 Å². The molecule has 0 aromatic heterocycles. The van der Waals surface area contributed by atoms with Crippen molar-refractivity contribution in [2.45, 2.75) is 13.5 Å². The van der Waals surface area contributed by atoms with E-state index in [0.717, 1.165) is 43.1 Å². The van der Waals surface area contributed by atoms with Crippen molar-refractivity contribution in [2.75, 3.05) is 38.2 Å². The first-order chi connectivity index (χ1) is 17.5. The molecule has 3 aromatic carbocycles. The summed E-state index contributed by atoms with van der Waals surface area (Å²) in [6, 6.07) is 19.7. The highest BCUT2D eigenvalue weighted by Gasteiger charge is 2.33. The Labute approximate surface area is 211 Å². The molecule has 36 heavy (non-hydrogen) atoms. The third-order valence-corrected chi connectivity index (χ3v) is 6.75. The zero-order valence-electron chi connectivity index (χ0n) is 20.6. The van der Waals surface area contributed by atoms with Crippen LogP contribution in [0.5, 0.6) is 17.2 Å². The van der Waals surface area contributed by atoms with Crippen molar-refractivity contribution in [3.8, 4) is 17.2 Å². The standard InChI is InChI=1S/C30H30N2O4/c1-21-19-26(33)25(20-31-15-17-32(18-16-31)23-11-13-24(35-2)14-12-23)30-28(21)29(34)27(36-30)10-6-9-22-7-4-3-5-8-22/h3-14,19,33H,15-18,20H2,1-2H3/b9-6+,27-10-. The fourth-order valence-electron chi connectivity index (χ4n) is 4.74. The fraction of sp³-hybridized carbons (Fsp3) is 0.233. The number of piperazine rings is 1. The van der Waals surface area contributed by atoms with Gasteiger partial charge in [-0.25, -0.2) is 0 Å². The largest absolute Gasteiger partial charge is 0.507 e. The number of ether oxygens (including phenoxy) is 2. The van der Waals surface area contributed by atoms with Gasteiger partial charge in [0, 0.05) is 38.4 Å². The van der Waals surface area contributed by atoms with Crippen LogP contribution in [0.15, 0.2) is 78.6 Å². The molecule has 0 spiro atoms. The van der Waals surface area contributed by atoms with Crippen molar-refractivity contribution in [1.29, 1.82) is 0 Å². The lowest BCUT2D eigenvalue weighted by Gasteiger charge is -2.36. The van der Waals surface area contributed by atoms with Gasteiger partial charge in [0.15, 0.2) is 5.76 Å². The number of phenols is 1. The molecule has 184 valence electrons. The first-order valence-electron chi connectivity index (χ1n) is 12.2. The summed E-state index contributed by atoms with van der Waals surface area (Å²) in [4.78, 5) is 17.8. The Kier molecular flexibility index (Phi) is 6.78. The van der Waals surface area contributed by atoms with Gasteiger partial charge in [0.05, 0.1) is 18.2 Å². The van der Waals surface area contributed by atoms with Crippen molar-refractivity contribution >= 4 is 17.5 Å². The molecule has 2 aliphatic heterocycles. The van der Waals surface area contributed by atoms with E-state index < -0.39 is 0 Å². The van der Waals surface area contributed by atoms with Gasteiger partial charge in [-0.3, -0.25) is 9.69 Å². The minimum Gasteiger partial charge on any atom is -0.507 e. The summed E-state index contributed by atoms with van der Waals surface area (Å²) in [6.45, 7) is 5.77. The van der Waals surface area contributed by atoms with Crippen LogP contribution in [0.3, 0.4) is 0 Å². The minimum absolute atomic E-state index is 0.147. The number of allylic oxidation sites excluding steroid dienone is 3. The van der Waals surface area contributed by atoms with E-state index in [2.05, 4.69) is 21.9 Å². The molecule has 0 aliphatic carbocycles. The van der Waals surface area contributed by atoms with E-state index in [-0.39, 0.29) is 17.3 Å². The lowest BCUT2D eigenvalue weighted by atomic mass is 9.99. The summed E-state index contributed by atoms with van der Waals surface area (Å²) < 4.78 is 11.3. The Morgan fingerprint density at radius 1 is 1.03 bits per heavy atom. The predicted octanol–water partition coefficient (Wildman–Crippen LogP) is 5.20. The van der Waals surface area contributed by atoms with Crippen LogP contribution < -0.4 is 14.4 Å². The molecular formula is C30H30N2O4. The quantitative estimate of drug-likeness (QED) is 0.487. The van der Waals surface area contributed by atoms with Crippen LogP contribution >= 0.6 is 0 Å². The van der Waals surface area contributed by atoms with Crippen LogP contribution in [-0.4, -0.2) is 49.1 Å². The van der Waals surface area contributed by atoms with Crippen molar-refractivity contribution in [2.24, 2.45) is 0 Å². The Bertz CT molecular complexity index is 1310. The molecule has 2 aliphatic rings. The molecule has 6 nitrogen and oxygen atoms in total. The van der Waals surface area contributed by atoms with Gasteiger partial charge in [-0.2, -0.15) is 0 Å². The van der Waals surface area contributed by atoms with E-state index in [9.17, 15) is 9.90 Å². The Morgan fingerprint density at radius 2 is 1.75 bits per heavy atom. The molecule has 0 amide bonds. The Balaban J connectivity index is 1.30. The van der Waals surface area contributed by atoms with E-state index >= 15 is 0 Å². The number of nitrogens with zero attached hydrogens (tertiary/aromatic N) is 2. The maximum atomic E-state index is 13.1. The van der Waals surface area contributed by atoms with Gasteiger partial charge in [0.25, 0.3) is 0 Å². The summed E-state index contributed by atoms with van der Waals surface area (Å²) in [6.07, 6.45) is 5.45. The molecule has 3 aromatic rings. The van der Waals surface area contributed by atoms with E-state index in [1.807, 2.05) is 61.5 Å². The van der Waals surface area contributed by atoms with E-state index in [4.69, 9.17) is 9.47 Å². The molecular weight excluding hydrogens is 452 g/mol. The molecule has 1 fully saturated rings. The number of phenolic OH excluding ortho intramolecular Hbond substituents is 1. The summed E-state index contributed by atoms with van der Waals surface area (Å²) in [5.41, 5.74) is 4.13. The molecule has 0 bridgehead atoms. The number of aryl methyl sites for hydroxylation is 1. The SMILES string of the molecule is COc1ccc(N2CCN(Cc3c(O)cc(C)c4c3O/C(=C\C=C\c3ccccc3)C4=O)CC2)cc1. The normalized spacial score (nSPS) is 17.0. The number of rotatable bonds is 6. The Hall–Kier alpha value is -4.03. The van der Waals surface area contributed by atoms with Gasteiger partial charge in [-0.05, 0) is 54.5 Å². The smallest absolute Gasteiger partial charge is 0.232 e. The molecule has 0 radical (unpaired) electrons. The van der Waals surface area contributed by atoms with E-state index in [0.29, 0.717) is 23.4 Å². The number of fused-ring (bicyclic) bond motifs is 1. The van der Waals surface area contributed by atoms with Crippen LogP contribution in [0.1, 0.15) is 27.0 Å². The van der Waals surface area contributed by atoms with Gasteiger partial charge in [-0.15, -0.1) is 0 Å². The van der Waals surface area contributed by atoms with Crippen LogP contribution in [0.2, 0.25) is 0 Å². The van der Waals surface area contributed by atoms with Gasteiger partial charge in [-0.1, -0.05) is 42.5 Å². The number of hydrogen-bond donors (Lipinski definition) is 1. The monoisotopic (exact) mass is 482 g/mol. The molecule has 0 saturated carbocycles. The summed E-state index contributed by atoms with van der Waals surface area (Å²) >= 11 is 0. The second kappa shape index (κ2) is 10.3. The number of anilines is 1. The average molecular weight is 483 g/mol. The molecule has 1 saturated heterocycles. The highest BCUT2D eigenvalue weighted by molar-refractivity contribution is 6.14. The third kappa shape index (κ3) is 4.86. The second-order valence-electron chi connectivity index (χ2n) is 9.09. The zero-order chi connectivity index (χ0) is 25.1. The molecule has 0 unspecified atom stereocenters. The number of methoxy groups -OCH3 is 1. The lowest BCUT2D eigenvalue weighted by Crippen LogP contribution is -2.46. The third-order valence-electron chi connectivity index (χ3n) is 6.75. The van der Waals surface area contributed by atoms with Gasteiger partial charge in [0.1, 0.15) is 17.2 Å². The summed E-state index contributed by atoms with van der Waals surface area (Å²) in [5, 5.41) is 10.8. The lowest BCUT2D eigenvalue weighted by molar-refractivity contribution is 0.101. The Morgan fingerprint density at radius 3 is 2.44 bits per heavy atom. The minimum atomic E-state index is -0.147. The first kappa shape index (κ1) is 23.7. The molecule has 6 heteroatoms. The van der Waals surface area contributed by atoms with Crippen molar-refractivity contribution in [1.82, 2.24) is 4.90 Å². The van der Waals surface area contributed by atoms with Gasteiger partial charge in [0.2, 0.25) is 5.78 Å². The maximum absolute atomic E-state index is 13.1. The van der Waals surface area contributed by atoms with Gasteiger partial charge >= 0.3 is 0 Å².